The molecule has 0 spiro atoms. The van der Waals surface area contributed by atoms with Crippen LogP contribution in [0.5, 0.6) is 0 Å². The van der Waals surface area contributed by atoms with Gasteiger partial charge in [-0.25, -0.2) is 4.79 Å². The molecule has 0 bridgehead atoms. The van der Waals surface area contributed by atoms with Crippen LogP contribution in [0.25, 0.3) is 0 Å². The van der Waals surface area contributed by atoms with Gasteiger partial charge in [0.15, 0.2) is 0 Å². The number of ether oxygens (including phenoxy) is 1. The highest BCUT2D eigenvalue weighted by atomic mass is 79.9. The van der Waals surface area contributed by atoms with Crippen molar-refractivity contribution >= 4 is 21.9 Å². The first kappa shape index (κ1) is 17.2. The largest absolute Gasteiger partial charge is 0.462 e. The zero-order chi connectivity index (χ0) is 16.5. The van der Waals surface area contributed by atoms with Gasteiger partial charge in [-0.1, -0.05) is 46.3 Å². The van der Waals surface area contributed by atoms with Crippen LogP contribution in [0.3, 0.4) is 0 Å². The number of benzene rings is 1. The molecular formula is C17H22BrNO3. The maximum atomic E-state index is 12.4. The van der Waals surface area contributed by atoms with Gasteiger partial charge in [0.05, 0.1) is 23.3 Å². The van der Waals surface area contributed by atoms with E-state index in [2.05, 4.69) is 15.9 Å². The molecule has 0 fully saturated rings. The molecule has 0 radical (unpaired) electrons. The van der Waals surface area contributed by atoms with Gasteiger partial charge in [-0.05, 0) is 33.3 Å². The van der Waals surface area contributed by atoms with E-state index in [-0.39, 0.29) is 0 Å². The number of halogens is 1. The summed E-state index contributed by atoms with van der Waals surface area (Å²) in [6, 6.07) is 9.88. The van der Waals surface area contributed by atoms with Crippen LogP contribution in [0.1, 0.15) is 33.3 Å². The van der Waals surface area contributed by atoms with Crippen molar-refractivity contribution in [2.24, 2.45) is 0 Å². The molecule has 0 saturated carbocycles. The number of nitrogens with zero attached hydrogens (tertiary/aromatic N) is 1. The zero-order valence-corrected chi connectivity index (χ0v) is 15.0. The minimum atomic E-state index is -0.799. The lowest BCUT2D eigenvalue weighted by Gasteiger charge is -2.35. The SMILES string of the molecule is CC1(C)C(Br)=C(C(=O)OCCc2ccccc2)C(C)(C)N1O. The normalized spacial score (nSPS) is 20.3. The second-order valence-electron chi connectivity index (χ2n) is 6.49. The van der Waals surface area contributed by atoms with Gasteiger partial charge in [-0.3, -0.25) is 0 Å². The Hall–Kier alpha value is -1.17. The van der Waals surface area contributed by atoms with E-state index in [0.29, 0.717) is 23.1 Å². The van der Waals surface area contributed by atoms with Crippen LogP contribution in [0.4, 0.5) is 0 Å². The lowest BCUT2D eigenvalue weighted by molar-refractivity contribution is -0.188. The summed E-state index contributed by atoms with van der Waals surface area (Å²) in [4.78, 5) is 12.4. The van der Waals surface area contributed by atoms with Crippen molar-refractivity contribution in [3.05, 3.63) is 46.0 Å². The Balaban J connectivity index is 2.07. The highest BCUT2D eigenvalue weighted by Crippen LogP contribution is 2.46. The standard InChI is InChI=1S/C17H22BrNO3/c1-16(2)13(14(18)17(3,4)19(16)21)15(20)22-11-10-12-8-6-5-7-9-12/h5-9,21H,10-11H2,1-4H3. The lowest BCUT2D eigenvalue weighted by atomic mass is 9.97. The summed E-state index contributed by atoms with van der Waals surface area (Å²) in [7, 11) is 0. The van der Waals surface area contributed by atoms with Crippen LogP contribution in [0.2, 0.25) is 0 Å². The van der Waals surface area contributed by atoms with Gasteiger partial charge in [0, 0.05) is 10.9 Å². The van der Waals surface area contributed by atoms with Gasteiger partial charge in [-0.2, -0.15) is 5.06 Å². The van der Waals surface area contributed by atoms with Gasteiger partial charge in [0.1, 0.15) is 0 Å². The molecule has 0 saturated heterocycles. The van der Waals surface area contributed by atoms with Gasteiger partial charge in [-0.15, -0.1) is 0 Å². The Morgan fingerprint density at radius 1 is 1.18 bits per heavy atom. The Bertz CT molecular complexity index is 593. The average molecular weight is 368 g/mol. The first-order valence-corrected chi connectivity index (χ1v) is 8.09. The predicted molar refractivity (Wildman–Crippen MR) is 88.8 cm³/mol. The van der Waals surface area contributed by atoms with Gasteiger partial charge in [0.2, 0.25) is 0 Å². The summed E-state index contributed by atoms with van der Waals surface area (Å²) in [6.45, 7) is 7.62. The van der Waals surface area contributed by atoms with Crippen molar-refractivity contribution in [1.82, 2.24) is 5.06 Å². The van der Waals surface area contributed by atoms with E-state index in [1.165, 1.54) is 5.06 Å². The summed E-state index contributed by atoms with van der Waals surface area (Å²) in [5.74, 6) is -0.391. The van der Waals surface area contributed by atoms with E-state index in [4.69, 9.17) is 4.74 Å². The van der Waals surface area contributed by atoms with E-state index in [1.807, 2.05) is 44.2 Å². The number of carbonyl (C=O) groups is 1. The van der Waals surface area contributed by atoms with Crippen LogP contribution in [-0.2, 0) is 16.0 Å². The number of esters is 1. The van der Waals surface area contributed by atoms with Crippen molar-refractivity contribution in [2.75, 3.05) is 6.61 Å². The fourth-order valence-electron chi connectivity index (χ4n) is 2.79. The monoisotopic (exact) mass is 367 g/mol. The van der Waals surface area contributed by atoms with Crippen molar-refractivity contribution < 1.29 is 14.7 Å². The third-order valence-corrected chi connectivity index (χ3v) is 5.47. The highest BCUT2D eigenvalue weighted by Gasteiger charge is 2.53. The molecular weight excluding hydrogens is 346 g/mol. The van der Waals surface area contributed by atoms with Crippen molar-refractivity contribution in [3.63, 3.8) is 0 Å². The molecule has 0 aliphatic carbocycles. The third-order valence-electron chi connectivity index (χ3n) is 4.10. The Morgan fingerprint density at radius 2 is 1.77 bits per heavy atom. The summed E-state index contributed by atoms with van der Waals surface area (Å²) in [5.41, 5.74) is 0.134. The van der Waals surface area contributed by atoms with Crippen LogP contribution < -0.4 is 0 Å². The first-order chi connectivity index (χ1) is 10.2. The van der Waals surface area contributed by atoms with Crippen molar-refractivity contribution in [1.29, 1.82) is 0 Å². The molecule has 4 nitrogen and oxygen atoms in total. The number of hydrogen-bond donors (Lipinski definition) is 1. The van der Waals surface area contributed by atoms with E-state index in [9.17, 15) is 10.0 Å². The Labute approximate surface area is 139 Å². The third kappa shape index (κ3) is 2.98. The van der Waals surface area contributed by atoms with Crippen LogP contribution >= 0.6 is 15.9 Å². The number of hydrogen-bond acceptors (Lipinski definition) is 4. The maximum absolute atomic E-state index is 12.4. The number of carbonyl (C=O) groups excluding carboxylic acids is 1. The summed E-state index contributed by atoms with van der Waals surface area (Å²) in [6.07, 6.45) is 0.671. The Kier molecular flexibility index (Phi) is 4.80. The first-order valence-electron chi connectivity index (χ1n) is 7.30. The van der Waals surface area contributed by atoms with Crippen molar-refractivity contribution in [2.45, 2.75) is 45.2 Å². The van der Waals surface area contributed by atoms with E-state index in [0.717, 1.165) is 5.56 Å². The second-order valence-corrected chi connectivity index (χ2v) is 7.28. The molecule has 22 heavy (non-hydrogen) atoms. The molecule has 0 atom stereocenters. The summed E-state index contributed by atoms with van der Waals surface area (Å²) >= 11 is 3.46. The number of hydroxylamine groups is 2. The van der Waals surface area contributed by atoms with E-state index >= 15 is 0 Å². The maximum Gasteiger partial charge on any atom is 0.336 e. The highest BCUT2D eigenvalue weighted by molar-refractivity contribution is 9.11. The molecule has 0 amide bonds. The van der Waals surface area contributed by atoms with Gasteiger partial charge < -0.3 is 9.94 Å². The number of rotatable bonds is 4. The molecule has 2 rings (SSSR count). The van der Waals surface area contributed by atoms with E-state index < -0.39 is 17.0 Å². The van der Waals surface area contributed by atoms with Gasteiger partial charge in [0.25, 0.3) is 0 Å². The molecule has 0 aromatic heterocycles. The second kappa shape index (κ2) is 6.14. The molecule has 1 N–H and O–H groups in total. The molecule has 1 aromatic carbocycles. The van der Waals surface area contributed by atoms with Crippen molar-refractivity contribution in [3.8, 4) is 0 Å². The minimum absolute atomic E-state index is 0.314. The smallest absolute Gasteiger partial charge is 0.336 e. The fourth-order valence-corrected chi connectivity index (χ4v) is 3.60. The lowest BCUT2D eigenvalue weighted by Crippen LogP contribution is -2.49. The summed E-state index contributed by atoms with van der Waals surface area (Å²) in [5, 5.41) is 11.5. The van der Waals surface area contributed by atoms with Crippen LogP contribution in [0, 0.1) is 0 Å². The van der Waals surface area contributed by atoms with Gasteiger partial charge >= 0.3 is 5.97 Å². The fraction of sp³-hybridized carbons (Fsp3) is 0.471. The molecule has 0 unspecified atom stereocenters. The molecule has 5 heteroatoms. The average Bonchev–Trinajstić information content (AvgIpc) is 2.58. The summed E-state index contributed by atoms with van der Waals surface area (Å²) < 4.78 is 6.08. The molecule has 1 aromatic rings. The minimum Gasteiger partial charge on any atom is -0.462 e. The molecule has 1 heterocycles. The van der Waals surface area contributed by atoms with Crippen LogP contribution in [-0.4, -0.2) is 33.9 Å². The molecule has 1 aliphatic heterocycles. The topological polar surface area (TPSA) is 49.8 Å². The zero-order valence-electron chi connectivity index (χ0n) is 13.4. The quantitative estimate of drug-likeness (QED) is 0.824. The predicted octanol–water partition coefficient (Wildman–Crippen LogP) is 3.68. The Morgan fingerprint density at radius 3 is 2.27 bits per heavy atom. The molecule has 1 aliphatic rings. The van der Waals surface area contributed by atoms with E-state index in [1.54, 1.807) is 13.8 Å². The molecule has 120 valence electrons. The van der Waals surface area contributed by atoms with Crippen LogP contribution in [0.15, 0.2) is 40.4 Å².